The fourth-order valence-electron chi connectivity index (χ4n) is 4.20. The molecular weight excluding hydrogens is 318 g/mol. The van der Waals surface area contributed by atoms with E-state index in [9.17, 15) is 14.7 Å². The highest BCUT2D eigenvalue weighted by Gasteiger charge is 2.54. The highest BCUT2D eigenvalue weighted by Crippen LogP contribution is 2.44. The number of benzene rings is 1. The van der Waals surface area contributed by atoms with Gasteiger partial charge in [0.1, 0.15) is 5.72 Å². The molecule has 1 aromatic rings. The number of hydrogen-bond donors (Lipinski definition) is 1. The maximum atomic E-state index is 13.4. The molecule has 1 spiro atoms. The van der Waals surface area contributed by atoms with Crippen molar-refractivity contribution in [2.45, 2.75) is 63.6 Å². The Morgan fingerprint density at radius 1 is 1.28 bits per heavy atom. The van der Waals surface area contributed by atoms with Crippen molar-refractivity contribution in [2.75, 3.05) is 6.61 Å². The summed E-state index contributed by atoms with van der Waals surface area (Å²) < 4.78 is 5.99. The largest absolute Gasteiger partial charge is 0.480 e. The first kappa shape index (κ1) is 17.9. The van der Waals surface area contributed by atoms with Gasteiger partial charge in [0.2, 0.25) is 5.91 Å². The quantitative estimate of drug-likeness (QED) is 0.908. The van der Waals surface area contributed by atoms with E-state index in [0.717, 1.165) is 31.2 Å². The summed E-state index contributed by atoms with van der Waals surface area (Å²) in [6.07, 6.45) is 3.98. The number of aliphatic carboxylic acids is 1. The standard InChI is InChI=1S/C20H27NO4/c1-3-16(15-7-5-4-6-8-15)18(22)21-17(19(23)24)13-25-20(21)11-9-14(2)10-12-20/h4-8,14,16-17H,3,9-13H2,1-2H3,(H,23,24). The second-order valence-corrected chi connectivity index (χ2v) is 7.37. The normalized spacial score (nSPS) is 30.4. The molecule has 25 heavy (non-hydrogen) atoms. The van der Waals surface area contributed by atoms with Crippen LogP contribution in [0, 0.1) is 5.92 Å². The number of hydrogen-bond acceptors (Lipinski definition) is 3. The van der Waals surface area contributed by atoms with Gasteiger partial charge in [-0.2, -0.15) is 0 Å². The Morgan fingerprint density at radius 2 is 1.92 bits per heavy atom. The highest BCUT2D eigenvalue weighted by molar-refractivity contribution is 5.89. The summed E-state index contributed by atoms with van der Waals surface area (Å²) in [4.78, 5) is 26.8. The molecular formula is C20H27NO4. The third-order valence-electron chi connectivity index (χ3n) is 5.75. The van der Waals surface area contributed by atoms with Crippen molar-refractivity contribution in [1.29, 1.82) is 0 Å². The first-order chi connectivity index (χ1) is 12.0. The molecule has 3 rings (SSSR count). The molecule has 136 valence electrons. The maximum Gasteiger partial charge on any atom is 0.328 e. The minimum Gasteiger partial charge on any atom is -0.480 e. The third-order valence-corrected chi connectivity index (χ3v) is 5.75. The molecule has 5 heteroatoms. The Hall–Kier alpha value is -1.88. The molecule has 1 saturated carbocycles. The zero-order valence-electron chi connectivity index (χ0n) is 15.0. The fourth-order valence-corrected chi connectivity index (χ4v) is 4.20. The van der Waals surface area contributed by atoms with E-state index < -0.39 is 17.7 Å². The van der Waals surface area contributed by atoms with Crippen LogP contribution in [0.15, 0.2) is 30.3 Å². The van der Waals surface area contributed by atoms with E-state index in [1.165, 1.54) is 0 Å². The fraction of sp³-hybridized carbons (Fsp3) is 0.600. The molecule has 1 saturated heterocycles. The maximum absolute atomic E-state index is 13.4. The second kappa shape index (κ2) is 7.16. The minimum absolute atomic E-state index is 0.0840. The molecule has 5 nitrogen and oxygen atoms in total. The van der Waals surface area contributed by atoms with Gasteiger partial charge in [0.25, 0.3) is 0 Å². The zero-order chi connectivity index (χ0) is 18.0. The molecule has 1 aliphatic heterocycles. The van der Waals surface area contributed by atoms with E-state index in [1.54, 1.807) is 4.90 Å². The van der Waals surface area contributed by atoms with Gasteiger partial charge in [0.05, 0.1) is 12.5 Å². The van der Waals surface area contributed by atoms with Crippen molar-refractivity contribution < 1.29 is 19.4 Å². The summed E-state index contributed by atoms with van der Waals surface area (Å²) in [6.45, 7) is 4.25. The SMILES string of the molecule is CCC(C(=O)N1C(C(=O)O)COC12CCC(C)CC2)c1ccccc1. The summed E-state index contributed by atoms with van der Waals surface area (Å²) >= 11 is 0. The van der Waals surface area contributed by atoms with Crippen molar-refractivity contribution in [2.24, 2.45) is 5.92 Å². The number of rotatable bonds is 4. The Labute approximate surface area is 149 Å². The van der Waals surface area contributed by atoms with Crippen LogP contribution in [-0.4, -0.2) is 40.3 Å². The molecule has 0 bridgehead atoms. The van der Waals surface area contributed by atoms with Gasteiger partial charge < -0.3 is 9.84 Å². The number of ether oxygens (including phenoxy) is 1. The number of carbonyl (C=O) groups is 2. The van der Waals surface area contributed by atoms with E-state index in [2.05, 4.69) is 6.92 Å². The summed E-state index contributed by atoms with van der Waals surface area (Å²) in [6, 6.07) is 8.74. The minimum atomic E-state index is -0.980. The molecule has 2 aliphatic rings. The van der Waals surface area contributed by atoms with E-state index >= 15 is 0 Å². The molecule has 1 heterocycles. The monoisotopic (exact) mass is 345 g/mol. The van der Waals surface area contributed by atoms with Crippen LogP contribution < -0.4 is 0 Å². The molecule has 2 fully saturated rings. The lowest BCUT2D eigenvalue weighted by molar-refractivity contribution is -0.166. The van der Waals surface area contributed by atoms with Crippen molar-refractivity contribution in [3.8, 4) is 0 Å². The van der Waals surface area contributed by atoms with Gasteiger partial charge in [-0.1, -0.05) is 44.2 Å². The first-order valence-corrected chi connectivity index (χ1v) is 9.23. The van der Waals surface area contributed by atoms with Crippen LogP contribution in [0.2, 0.25) is 0 Å². The zero-order valence-corrected chi connectivity index (χ0v) is 15.0. The molecule has 1 aliphatic carbocycles. The predicted octanol–water partition coefficient (Wildman–Crippen LogP) is 3.40. The van der Waals surface area contributed by atoms with Gasteiger partial charge in [-0.05, 0) is 43.6 Å². The van der Waals surface area contributed by atoms with Crippen LogP contribution in [0.3, 0.4) is 0 Å². The van der Waals surface area contributed by atoms with Crippen LogP contribution in [0.4, 0.5) is 0 Å². The van der Waals surface area contributed by atoms with Crippen molar-refractivity contribution in [3.63, 3.8) is 0 Å². The van der Waals surface area contributed by atoms with E-state index in [4.69, 9.17) is 4.74 Å². The van der Waals surface area contributed by atoms with Crippen LogP contribution >= 0.6 is 0 Å². The molecule has 2 unspecified atom stereocenters. The van der Waals surface area contributed by atoms with E-state index in [1.807, 2.05) is 37.3 Å². The van der Waals surface area contributed by atoms with Crippen molar-refractivity contribution in [1.82, 2.24) is 4.90 Å². The van der Waals surface area contributed by atoms with E-state index in [0.29, 0.717) is 12.3 Å². The number of amides is 1. The lowest BCUT2D eigenvalue weighted by Gasteiger charge is -2.43. The highest BCUT2D eigenvalue weighted by atomic mass is 16.5. The first-order valence-electron chi connectivity index (χ1n) is 9.23. The van der Waals surface area contributed by atoms with Crippen LogP contribution in [0.1, 0.15) is 57.4 Å². The summed E-state index contributed by atoms with van der Waals surface area (Å²) in [5, 5.41) is 9.65. The smallest absolute Gasteiger partial charge is 0.328 e. The topological polar surface area (TPSA) is 66.8 Å². The van der Waals surface area contributed by atoms with Crippen molar-refractivity contribution in [3.05, 3.63) is 35.9 Å². The Balaban J connectivity index is 1.93. The van der Waals surface area contributed by atoms with Crippen LogP contribution in [0.5, 0.6) is 0 Å². The van der Waals surface area contributed by atoms with Gasteiger partial charge in [-0.15, -0.1) is 0 Å². The molecule has 0 aromatic heterocycles. The molecule has 0 radical (unpaired) electrons. The molecule has 1 N–H and O–H groups in total. The Morgan fingerprint density at radius 3 is 2.48 bits per heavy atom. The van der Waals surface area contributed by atoms with Gasteiger partial charge in [0.15, 0.2) is 6.04 Å². The molecule has 1 aromatic carbocycles. The number of carbonyl (C=O) groups excluding carboxylic acids is 1. The summed E-state index contributed by atoms with van der Waals surface area (Å²) in [5.74, 6) is -0.841. The predicted molar refractivity (Wildman–Crippen MR) is 94.1 cm³/mol. The van der Waals surface area contributed by atoms with E-state index in [-0.39, 0.29) is 18.4 Å². The Kier molecular flexibility index (Phi) is 5.13. The second-order valence-electron chi connectivity index (χ2n) is 7.37. The van der Waals surface area contributed by atoms with Crippen molar-refractivity contribution >= 4 is 11.9 Å². The molecule has 1 amide bonds. The van der Waals surface area contributed by atoms with Gasteiger partial charge in [-0.3, -0.25) is 9.69 Å². The van der Waals surface area contributed by atoms with Crippen LogP contribution in [0.25, 0.3) is 0 Å². The molecule has 2 atom stereocenters. The number of carboxylic acids is 1. The lowest BCUT2D eigenvalue weighted by atomic mass is 9.82. The number of nitrogens with zero attached hydrogens (tertiary/aromatic N) is 1. The number of carboxylic acid groups (broad SMARTS) is 1. The van der Waals surface area contributed by atoms with Gasteiger partial charge in [0, 0.05) is 0 Å². The van der Waals surface area contributed by atoms with Crippen LogP contribution in [-0.2, 0) is 14.3 Å². The lowest BCUT2D eigenvalue weighted by Crippen LogP contribution is -2.56. The average Bonchev–Trinajstić information content (AvgIpc) is 2.98. The van der Waals surface area contributed by atoms with Gasteiger partial charge >= 0.3 is 5.97 Å². The van der Waals surface area contributed by atoms with Gasteiger partial charge in [-0.25, -0.2) is 4.79 Å². The summed E-state index contributed by atoms with van der Waals surface area (Å²) in [5.41, 5.74) is 0.194. The average molecular weight is 345 g/mol. The third kappa shape index (κ3) is 3.30. The Bertz CT molecular complexity index is 622. The summed E-state index contributed by atoms with van der Waals surface area (Å²) in [7, 11) is 0.